The first kappa shape index (κ1) is 13.3. The lowest BCUT2D eigenvalue weighted by Crippen LogP contribution is -1.89. The van der Waals surface area contributed by atoms with Gasteiger partial charge in [0.15, 0.2) is 0 Å². The minimum atomic E-state index is -0.682. The van der Waals surface area contributed by atoms with E-state index >= 15 is 0 Å². The Morgan fingerprint density at radius 2 is 1.85 bits per heavy atom. The van der Waals surface area contributed by atoms with E-state index < -0.39 is 11.6 Å². The third-order valence-corrected chi connectivity index (χ3v) is 4.31. The molecule has 0 fully saturated rings. The highest BCUT2D eigenvalue weighted by molar-refractivity contribution is 9.11. The first-order valence-corrected chi connectivity index (χ1v) is 7.13. The number of thiophene rings is 1. The van der Waals surface area contributed by atoms with Crippen LogP contribution in [0.25, 0.3) is 21.7 Å². The van der Waals surface area contributed by atoms with Crippen LogP contribution in [0.1, 0.15) is 0 Å². The molecule has 0 aliphatic heterocycles. The minimum absolute atomic E-state index is 0.0227. The van der Waals surface area contributed by atoms with Gasteiger partial charge in [0.1, 0.15) is 17.3 Å². The molecule has 20 heavy (non-hydrogen) atoms. The van der Waals surface area contributed by atoms with Crippen LogP contribution >= 0.6 is 27.3 Å². The van der Waals surface area contributed by atoms with Gasteiger partial charge in [-0.1, -0.05) is 5.16 Å². The maximum atomic E-state index is 13.4. The summed E-state index contributed by atoms with van der Waals surface area (Å²) in [6.07, 6.45) is 0. The van der Waals surface area contributed by atoms with Crippen molar-refractivity contribution < 1.29 is 13.3 Å². The van der Waals surface area contributed by atoms with E-state index in [2.05, 4.69) is 21.1 Å². The molecule has 0 amide bonds. The van der Waals surface area contributed by atoms with Gasteiger partial charge in [0, 0.05) is 6.07 Å². The van der Waals surface area contributed by atoms with Gasteiger partial charge in [-0.2, -0.15) is 0 Å². The summed E-state index contributed by atoms with van der Waals surface area (Å²) in [6.45, 7) is 0. The number of benzene rings is 1. The van der Waals surface area contributed by atoms with Crippen LogP contribution in [-0.2, 0) is 0 Å². The molecule has 2 heterocycles. The summed E-state index contributed by atoms with van der Waals surface area (Å²) in [6, 6.07) is 6.86. The summed E-state index contributed by atoms with van der Waals surface area (Å²) in [4.78, 5) is 0.789. The maximum Gasteiger partial charge on any atom is 0.230 e. The highest BCUT2D eigenvalue weighted by atomic mass is 79.9. The van der Waals surface area contributed by atoms with Gasteiger partial charge in [-0.05, 0) is 45.8 Å². The van der Waals surface area contributed by atoms with Crippen LogP contribution in [0.15, 0.2) is 38.6 Å². The van der Waals surface area contributed by atoms with E-state index in [1.807, 2.05) is 12.1 Å². The van der Waals surface area contributed by atoms with E-state index in [0.29, 0.717) is 16.8 Å². The molecule has 3 aromatic rings. The van der Waals surface area contributed by atoms with Crippen molar-refractivity contribution in [3.05, 3.63) is 45.8 Å². The van der Waals surface area contributed by atoms with E-state index in [1.54, 1.807) is 0 Å². The Morgan fingerprint density at radius 1 is 1.15 bits per heavy atom. The lowest BCUT2D eigenvalue weighted by Gasteiger charge is -2.02. The Bertz CT molecular complexity index is 764. The SMILES string of the molecule is Nc1onc(-c2ccc(Br)s2)c1-c1cc(F)cc(F)c1. The molecule has 0 atom stereocenters. The Kier molecular flexibility index (Phi) is 3.31. The fourth-order valence-electron chi connectivity index (χ4n) is 1.89. The van der Waals surface area contributed by atoms with Crippen LogP contribution in [0.4, 0.5) is 14.7 Å². The van der Waals surface area contributed by atoms with Crippen LogP contribution in [0.2, 0.25) is 0 Å². The fraction of sp³-hybridized carbons (Fsp3) is 0. The second-order valence-electron chi connectivity index (χ2n) is 4.03. The molecule has 3 nitrogen and oxygen atoms in total. The number of nitrogens with zero attached hydrogens (tertiary/aromatic N) is 1. The molecular weight excluding hydrogens is 350 g/mol. The van der Waals surface area contributed by atoms with Crippen LogP contribution < -0.4 is 5.73 Å². The summed E-state index contributed by atoms with van der Waals surface area (Å²) in [7, 11) is 0. The molecule has 2 aromatic heterocycles. The molecule has 0 radical (unpaired) electrons. The average molecular weight is 357 g/mol. The van der Waals surface area contributed by atoms with E-state index in [-0.39, 0.29) is 5.88 Å². The molecule has 0 aliphatic rings. The quantitative estimate of drug-likeness (QED) is 0.724. The number of nitrogens with two attached hydrogens (primary N) is 1. The van der Waals surface area contributed by atoms with Crippen molar-refractivity contribution in [2.75, 3.05) is 5.73 Å². The first-order valence-electron chi connectivity index (χ1n) is 5.52. The molecule has 1 aromatic carbocycles. The van der Waals surface area contributed by atoms with Crippen LogP contribution in [0.5, 0.6) is 0 Å². The van der Waals surface area contributed by atoms with E-state index in [4.69, 9.17) is 10.3 Å². The zero-order valence-electron chi connectivity index (χ0n) is 9.86. The van der Waals surface area contributed by atoms with Crippen molar-refractivity contribution in [3.8, 4) is 21.7 Å². The smallest absolute Gasteiger partial charge is 0.230 e. The van der Waals surface area contributed by atoms with Gasteiger partial charge >= 0.3 is 0 Å². The third kappa shape index (κ3) is 2.34. The largest absolute Gasteiger partial charge is 0.367 e. The normalized spacial score (nSPS) is 10.9. The van der Waals surface area contributed by atoms with Crippen LogP contribution in [-0.4, -0.2) is 5.16 Å². The predicted molar refractivity (Wildman–Crippen MR) is 77.3 cm³/mol. The molecule has 102 valence electrons. The lowest BCUT2D eigenvalue weighted by molar-refractivity contribution is 0.439. The first-order chi connectivity index (χ1) is 9.54. The zero-order valence-corrected chi connectivity index (χ0v) is 12.3. The zero-order chi connectivity index (χ0) is 14.3. The van der Waals surface area contributed by atoms with Gasteiger partial charge in [-0.3, -0.25) is 0 Å². The predicted octanol–water partition coefficient (Wildman–Crippen LogP) is 4.69. The van der Waals surface area contributed by atoms with Crippen molar-refractivity contribution in [2.24, 2.45) is 0 Å². The average Bonchev–Trinajstić information content (AvgIpc) is 2.94. The molecule has 7 heteroatoms. The molecule has 0 unspecified atom stereocenters. The number of hydrogen-bond donors (Lipinski definition) is 1. The summed E-state index contributed by atoms with van der Waals surface area (Å²) >= 11 is 4.77. The highest BCUT2D eigenvalue weighted by Crippen LogP contribution is 2.40. The van der Waals surface area contributed by atoms with Gasteiger partial charge in [0.05, 0.1) is 14.2 Å². The molecule has 0 bridgehead atoms. The van der Waals surface area contributed by atoms with E-state index in [1.165, 1.54) is 23.5 Å². The number of nitrogen functional groups attached to an aromatic ring is 1. The highest BCUT2D eigenvalue weighted by Gasteiger charge is 2.19. The van der Waals surface area contributed by atoms with Crippen molar-refractivity contribution in [3.63, 3.8) is 0 Å². The summed E-state index contributed by atoms with van der Waals surface area (Å²) in [5.74, 6) is -1.34. The number of halogens is 3. The summed E-state index contributed by atoms with van der Waals surface area (Å²) in [5, 5.41) is 3.88. The number of anilines is 1. The van der Waals surface area contributed by atoms with Crippen molar-refractivity contribution in [1.82, 2.24) is 5.16 Å². The topological polar surface area (TPSA) is 52.0 Å². The standard InChI is InChI=1S/C13H7BrF2N2OS/c14-10-2-1-9(20-10)12-11(13(17)19-18-12)6-3-7(15)5-8(16)4-6/h1-5H,17H2. The second-order valence-corrected chi connectivity index (χ2v) is 6.50. The summed E-state index contributed by atoms with van der Waals surface area (Å²) < 4.78 is 32.6. The maximum absolute atomic E-state index is 13.4. The molecule has 2 N–H and O–H groups in total. The monoisotopic (exact) mass is 356 g/mol. The minimum Gasteiger partial charge on any atom is -0.367 e. The number of aromatic nitrogens is 1. The van der Waals surface area contributed by atoms with Crippen LogP contribution in [0, 0.1) is 11.6 Å². The molecule has 0 saturated carbocycles. The number of rotatable bonds is 2. The molecule has 3 rings (SSSR count). The van der Waals surface area contributed by atoms with Gasteiger partial charge in [-0.25, -0.2) is 8.78 Å². The lowest BCUT2D eigenvalue weighted by atomic mass is 10.0. The molecule has 0 saturated heterocycles. The Morgan fingerprint density at radius 3 is 2.45 bits per heavy atom. The van der Waals surface area contributed by atoms with Crippen molar-refractivity contribution in [1.29, 1.82) is 0 Å². The summed E-state index contributed by atoms with van der Waals surface area (Å²) in [5.41, 5.74) is 6.88. The molecule has 0 aliphatic carbocycles. The van der Waals surface area contributed by atoms with Gasteiger partial charge in [-0.15, -0.1) is 11.3 Å². The Hall–Kier alpha value is -1.73. The van der Waals surface area contributed by atoms with Crippen molar-refractivity contribution in [2.45, 2.75) is 0 Å². The molecule has 0 spiro atoms. The second kappa shape index (κ2) is 4.99. The van der Waals surface area contributed by atoms with Gasteiger partial charge < -0.3 is 10.3 Å². The van der Waals surface area contributed by atoms with E-state index in [9.17, 15) is 8.78 Å². The van der Waals surface area contributed by atoms with Crippen molar-refractivity contribution >= 4 is 33.2 Å². The number of hydrogen-bond acceptors (Lipinski definition) is 4. The Balaban J connectivity index is 2.21. The van der Waals surface area contributed by atoms with E-state index in [0.717, 1.165) is 14.7 Å². The van der Waals surface area contributed by atoms with Crippen LogP contribution in [0.3, 0.4) is 0 Å². The van der Waals surface area contributed by atoms with Gasteiger partial charge in [0.2, 0.25) is 5.88 Å². The fourth-order valence-corrected chi connectivity index (χ4v) is 3.26. The Labute approximate surface area is 125 Å². The third-order valence-electron chi connectivity index (χ3n) is 2.68. The molecular formula is C13H7BrF2N2OS. The van der Waals surface area contributed by atoms with Gasteiger partial charge in [0.25, 0.3) is 0 Å².